The molecule has 22 heavy (non-hydrogen) atoms. The number of phosphoric ester groups is 1. The molecule has 0 aromatic carbocycles. The number of phosphoric acid groups is 2. The molecule has 0 saturated carbocycles. The van der Waals surface area contributed by atoms with E-state index in [9.17, 15) is 9.13 Å². The Labute approximate surface area is 175 Å². The second-order valence-corrected chi connectivity index (χ2v) is 7.89. The van der Waals surface area contributed by atoms with E-state index in [0.717, 1.165) is 19.3 Å². The zero-order valence-electron chi connectivity index (χ0n) is 12.6. The first-order chi connectivity index (χ1) is 9.77. The summed E-state index contributed by atoms with van der Waals surface area (Å²) >= 11 is 0. The van der Waals surface area contributed by atoms with E-state index in [2.05, 4.69) is 15.8 Å². The number of rotatable bonds is 14. The van der Waals surface area contributed by atoms with Crippen molar-refractivity contribution in [2.75, 3.05) is 6.61 Å². The third-order valence-electron chi connectivity index (χ3n) is 2.96. The van der Waals surface area contributed by atoms with Gasteiger partial charge >= 0.3 is 67.0 Å². The molecule has 0 fully saturated rings. The average Bonchev–Trinajstić information content (AvgIpc) is 2.33. The van der Waals surface area contributed by atoms with Gasteiger partial charge in [-0.2, -0.15) is 4.31 Å². The van der Waals surface area contributed by atoms with Gasteiger partial charge in [0.1, 0.15) is 0 Å². The maximum atomic E-state index is 11.1. The van der Waals surface area contributed by atoms with Gasteiger partial charge in [0, 0.05) is 0 Å². The second-order valence-electron chi connectivity index (χ2n) is 5.06. The van der Waals surface area contributed by atoms with E-state index in [0.29, 0.717) is 6.42 Å². The summed E-state index contributed by atoms with van der Waals surface area (Å²) in [5.41, 5.74) is 0. The zero-order chi connectivity index (χ0) is 16.2. The molecule has 0 rings (SSSR count). The van der Waals surface area contributed by atoms with Crippen LogP contribution in [0.2, 0.25) is 0 Å². The van der Waals surface area contributed by atoms with Gasteiger partial charge in [-0.15, -0.1) is 0 Å². The molecule has 0 aliphatic heterocycles. The first-order valence-electron chi connectivity index (χ1n) is 7.51. The van der Waals surface area contributed by atoms with Crippen LogP contribution in [0, 0.1) is 0 Å². The molecule has 1 atom stereocenters. The predicted octanol–water partition coefficient (Wildman–Crippen LogP) is 3.49. The fourth-order valence-electron chi connectivity index (χ4n) is 1.93. The van der Waals surface area contributed by atoms with Crippen LogP contribution >= 0.6 is 15.6 Å². The molecule has 0 spiro atoms. The molecule has 0 bridgehead atoms. The van der Waals surface area contributed by atoms with E-state index in [1.807, 2.05) is 0 Å². The van der Waals surface area contributed by atoms with Crippen LogP contribution in [-0.4, -0.2) is 72.7 Å². The van der Waals surface area contributed by atoms with Crippen molar-refractivity contribution < 1.29 is 32.6 Å². The molecular formula is C12H29KO7P2. The molecule has 130 valence electrons. The van der Waals surface area contributed by atoms with Crippen molar-refractivity contribution in [3.05, 3.63) is 0 Å². The molecule has 7 nitrogen and oxygen atoms in total. The Morgan fingerprint density at radius 1 is 0.773 bits per heavy atom. The molecule has 3 N–H and O–H groups in total. The first-order valence-corrected chi connectivity index (χ1v) is 10.5. The van der Waals surface area contributed by atoms with Crippen LogP contribution in [0.15, 0.2) is 0 Å². The van der Waals surface area contributed by atoms with Crippen molar-refractivity contribution in [1.82, 2.24) is 0 Å². The van der Waals surface area contributed by atoms with Crippen LogP contribution in [-0.2, 0) is 18.0 Å². The molecule has 1 unspecified atom stereocenters. The van der Waals surface area contributed by atoms with E-state index in [1.54, 1.807) is 0 Å². The number of unbranched alkanes of at least 4 members (excludes halogenated alkanes) is 9. The van der Waals surface area contributed by atoms with Crippen molar-refractivity contribution in [2.24, 2.45) is 0 Å². The fraction of sp³-hybridized carbons (Fsp3) is 1.00. The topological polar surface area (TPSA) is 113 Å². The van der Waals surface area contributed by atoms with Gasteiger partial charge in [-0.3, -0.25) is 4.52 Å². The minimum atomic E-state index is -5.01. The molecule has 0 heterocycles. The normalized spacial score (nSPS) is 14.4. The minimum absolute atomic E-state index is 0. The summed E-state index contributed by atoms with van der Waals surface area (Å²) in [6, 6.07) is 0. The standard InChI is InChI=1S/C12H28O7P2.K.H/c1-2-3-4-5-6-7-8-9-10-11-12-18-21(16,17)19-20(13,14)15;;/h2-12H2,1H3,(H,16,17)(H2,13,14,15);;. The predicted molar refractivity (Wildman–Crippen MR) is 87.9 cm³/mol. The quantitative estimate of drug-likeness (QED) is 0.238. The van der Waals surface area contributed by atoms with E-state index in [-0.39, 0.29) is 58.0 Å². The van der Waals surface area contributed by atoms with Crippen molar-refractivity contribution >= 4 is 67.0 Å². The Hall–Kier alpha value is 1.90. The van der Waals surface area contributed by atoms with E-state index in [1.165, 1.54) is 38.5 Å². The van der Waals surface area contributed by atoms with E-state index < -0.39 is 15.6 Å². The third-order valence-corrected chi connectivity index (χ3v) is 5.15. The summed E-state index contributed by atoms with van der Waals surface area (Å²) < 4.78 is 29.7. The monoisotopic (exact) mass is 386 g/mol. The molecule has 0 radical (unpaired) electrons. The van der Waals surface area contributed by atoms with Crippen molar-refractivity contribution in [2.45, 2.75) is 71.1 Å². The number of hydrogen-bond acceptors (Lipinski definition) is 4. The molecular weight excluding hydrogens is 357 g/mol. The van der Waals surface area contributed by atoms with Gasteiger partial charge in [-0.25, -0.2) is 9.13 Å². The SMILES string of the molecule is CCCCCCCCCCCCOP(=O)(O)OP(=O)(O)O.[KH]. The molecule has 0 saturated heterocycles. The van der Waals surface area contributed by atoms with Crippen molar-refractivity contribution in [1.29, 1.82) is 0 Å². The Morgan fingerprint density at radius 2 is 1.18 bits per heavy atom. The Kier molecular flexibility index (Phi) is 18.0. The fourth-order valence-corrected chi connectivity index (χ4v) is 3.55. The van der Waals surface area contributed by atoms with Gasteiger partial charge < -0.3 is 14.7 Å². The average molecular weight is 386 g/mol. The van der Waals surface area contributed by atoms with Crippen LogP contribution in [0.5, 0.6) is 0 Å². The Bertz CT molecular complexity index is 348. The summed E-state index contributed by atoms with van der Waals surface area (Å²) in [6.45, 7) is 2.14. The molecule has 0 aromatic heterocycles. The summed E-state index contributed by atoms with van der Waals surface area (Å²) in [5, 5.41) is 0. The van der Waals surface area contributed by atoms with Crippen molar-refractivity contribution in [3.63, 3.8) is 0 Å². The van der Waals surface area contributed by atoms with Gasteiger partial charge in [-0.05, 0) is 6.42 Å². The van der Waals surface area contributed by atoms with E-state index >= 15 is 0 Å². The van der Waals surface area contributed by atoms with Crippen LogP contribution in [0.1, 0.15) is 71.1 Å². The van der Waals surface area contributed by atoms with Gasteiger partial charge in [0.05, 0.1) is 6.61 Å². The molecule has 0 amide bonds. The summed E-state index contributed by atoms with van der Waals surface area (Å²) in [6.07, 6.45) is 11.1. The van der Waals surface area contributed by atoms with Gasteiger partial charge in [0.25, 0.3) is 0 Å². The molecule has 0 aliphatic carbocycles. The van der Waals surface area contributed by atoms with Crippen LogP contribution < -0.4 is 0 Å². The van der Waals surface area contributed by atoms with Gasteiger partial charge in [0.15, 0.2) is 0 Å². The zero-order valence-corrected chi connectivity index (χ0v) is 14.4. The second kappa shape index (κ2) is 15.2. The summed E-state index contributed by atoms with van der Waals surface area (Å²) in [7, 11) is -9.66. The Balaban J connectivity index is 0. The summed E-state index contributed by atoms with van der Waals surface area (Å²) in [5.74, 6) is 0. The van der Waals surface area contributed by atoms with E-state index in [4.69, 9.17) is 14.7 Å². The number of hydrogen-bond donors (Lipinski definition) is 3. The first kappa shape index (κ1) is 26.1. The van der Waals surface area contributed by atoms with Crippen LogP contribution in [0.3, 0.4) is 0 Å². The third kappa shape index (κ3) is 19.9. The molecule has 0 aliphatic rings. The summed E-state index contributed by atoms with van der Waals surface area (Å²) in [4.78, 5) is 25.8. The van der Waals surface area contributed by atoms with Gasteiger partial charge in [-0.1, -0.05) is 64.7 Å². The Morgan fingerprint density at radius 3 is 1.59 bits per heavy atom. The molecule has 0 aromatic rings. The maximum absolute atomic E-state index is 11.1. The van der Waals surface area contributed by atoms with Gasteiger partial charge in [0.2, 0.25) is 0 Å². The van der Waals surface area contributed by atoms with Crippen LogP contribution in [0.25, 0.3) is 0 Å². The molecule has 10 heteroatoms. The van der Waals surface area contributed by atoms with Crippen molar-refractivity contribution in [3.8, 4) is 0 Å². The van der Waals surface area contributed by atoms with Crippen LogP contribution in [0.4, 0.5) is 0 Å².